The van der Waals surface area contributed by atoms with Crippen LogP contribution in [0.1, 0.15) is 92.4 Å². The molecule has 2 saturated carbocycles. The van der Waals surface area contributed by atoms with E-state index in [1.165, 1.54) is 0 Å². The predicted octanol–water partition coefficient (Wildman–Crippen LogP) is 6.99. The first-order chi connectivity index (χ1) is 21.5. The second kappa shape index (κ2) is 13.6. The van der Waals surface area contributed by atoms with Crippen LogP contribution in [0.2, 0.25) is 0 Å². The maximum absolute atomic E-state index is 12.0. The zero-order valence-electron chi connectivity index (χ0n) is 25.9. The summed E-state index contributed by atoms with van der Waals surface area (Å²) in [5.41, 5.74) is 4.10. The normalized spacial score (nSPS) is 20.7. The highest BCUT2D eigenvalue weighted by molar-refractivity contribution is 5.93. The fourth-order valence-electron chi connectivity index (χ4n) is 6.64. The van der Waals surface area contributed by atoms with Crippen LogP contribution in [-0.4, -0.2) is 52.0 Å². The summed E-state index contributed by atoms with van der Waals surface area (Å²) < 4.78 is 18.0. The van der Waals surface area contributed by atoms with Crippen molar-refractivity contribution in [2.45, 2.75) is 77.9 Å². The fourth-order valence-corrected chi connectivity index (χ4v) is 6.64. The zero-order valence-corrected chi connectivity index (χ0v) is 25.9. The van der Waals surface area contributed by atoms with E-state index in [9.17, 15) is 29.7 Å². The molecule has 238 valence electrons. The average molecular weight is 617 g/mol. The van der Waals surface area contributed by atoms with Crippen molar-refractivity contribution >= 4 is 17.9 Å². The molecule has 0 aliphatic heterocycles. The molecule has 0 spiro atoms. The molecule has 0 heterocycles. The molecule has 3 N–H and O–H groups in total. The molecule has 2 aliphatic rings. The highest BCUT2D eigenvalue weighted by atomic mass is 16.5. The molecule has 2 fully saturated rings. The molecule has 9 nitrogen and oxygen atoms in total. The van der Waals surface area contributed by atoms with Gasteiger partial charge in [-0.3, -0.25) is 0 Å². The molecule has 9 heteroatoms. The lowest BCUT2D eigenvalue weighted by Crippen LogP contribution is -2.35. The van der Waals surface area contributed by atoms with E-state index in [1.807, 2.05) is 38.1 Å². The summed E-state index contributed by atoms with van der Waals surface area (Å²) in [6.45, 7) is 5.89. The molecule has 0 aromatic heterocycles. The molecule has 5 rings (SSSR count). The largest absolute Gasteiger partial charge is 0.493 e. The molecule has 0 radical (unpaired) electrons. The van der Waals surface area contributed by atoms with Crippen LogP contribution in [0.15, 0.2) is 48.5 Å². The molecule has 0 saturated heterocycles. The number of carboxylic acids is 3. The number of rotatable bonds is 13. The van der Waals surface area contributed by atoms with E-state index < -0.39 is 17.9 Å². The molecule has 3 aromatic carbocycles. The van der Waals surface area contributed by atoms with Crippen LogP contribution in [0.3, 0.4) is 0 Å². The zero-order chi connectivity index (χ0) is 32.2. The Balaban J connectivity index is 1.19. The Bertz CT molecular complexity index is 1590. The number of aryl methyl sites for hydroxylation is 2. The molecular formula is C36H40O9. The van der Waals surface area contributed by atoms with E-state index in [0.29, 0.717) is 41.3 Å². The van der Waals surface area contributed by atoms with E-state index in [2.05, 4.69) is 0 Å². The summed E-state index contributed by atoms with van der Waals surface area (Å²) in [5, 5.41) is 28.9. The summed E-state index contributed by atoms with van der Waals surface area (Å²) >= 11 is 0. The van der Waals surface area contributed by atoms with Gasteiger partial charge in [-0.05, 0) is 130 Å². The van der Waals surface area contributed by atoms with Gasteiger partial charge in [0.2, 0.25) is 0 Å². The molecule has 45 heavy (non-hydrogen) atoms. The summed E-state index contributed by atoms with van der Waals surface area (Å²) in [6.07, 6.45) is 5.40. The van der Waals surface area contributed by atoms with Crippen LogP contribution in [0.4, 0.5) is 0 Å². The maximum atomic E-state index is 12.0. The quantitative estimate of drug-likeness (QED) is 0.185. The van der Waals surface area contributed by atoms with Crippen LogP contribution >= 0.6 is 0 Å². The Kier molecular flexibility index (Phi) is 9.65. The Hall–Kier alpha value is -4.53. The molecule has 3 aromatic rings. The van der Waals surface area contributed by atoms with Crippen molar-refractivity contribution in [2.24, 2.45) is 11.8 Å². The van der Waals surface area contributed by atoms with Crippen LogP contribution < -0.4 is 14.2 Å². The Labute approximate surface area is 262 Å². The first kappa shape index (κ1) is 31.9. The summed E-state index contributed by atoms with van der Waals surface area (Å²) in [4.78, 5) is 35.3. The minimum Gasteiger partial charge on any atom is -0.493 e. The summed E-state index contributed by atoms with van der Waals surface area (Å²) in [5.74, 6) is -1.24. The van der Waals surface area contributed by atoms with Gasteiger partial charge < -0.3 is 29.5 Å². The van der Waals surface area contributed by atoms with Crippen molar-refractivity contribution in [1.82, 2.24) is 0 Å². The molecule has 2 aliphatic carbocycles. The average Bonchev–Trinajstić information content (AvgIpc) is 3.37. The number of benzene rings is 3. The lowest BCUT2D eigenvalue weighted by molar-refractivity contribution is 0.0585. The van der Waals surface area contributed by atoms with Gasteiger partial charge in [-0.15, -0.1) is 0 Å². The third-order valence-electron chi connectivity index (χ3n) is 8.84. The lowest BCUT2D eigenvalue weighted by Gasteiger charge is -2.36. The fraction of sp³-hybridized carbons (Fsp3) is 0.417. The van der Waals surface area contributed by atoms with Gasteiger partial charge in [0.25, 0.3) is 0 Å². The first-order valence-corrected chi connectivity index (χ1v) is 15.5. The van der Waals surface area contributed by atoms with Crippen LogP contribution in [0, 0.1) is 25.7 Å². The number of hydrogen-bond donors (Lipinski definition) is 3. The minimum atomic E-state index is -1.04. The Morgan fingerprint density at radius 1 is 0.689 bits per heavy atom. The first-order valence-electron chi connectivity index (χ1n) is 15.5. The van der Waals surface area contributed by atoms with E-state index in [1.54, 1.807) is 31.2 Å². The van der Waals surface area contributed by atoms with E-state index in [-0.39, 0.29) is 28.9 Å². The SMILES string of the molecule is CCOc1cc(CC2CC(Oc3cc(CC4CCC(Oc5cc(C)ccc5C(=O)O)C4)ccc3C(=O)O)C2)cc(C)c1C(=O)O. The van der Waals surface area contributed by atoms with Crippen LogP contribution in [0.25, 0.3) is 0 Å². The van der Waals surface area contributed by atoms with E-state index in [4.69, 9.17) is 14.2 Å². The van der Waals surface area contributed by atoms with Gasteiger partial charge in [0.1, 0.15) is 33.9 Å². The van der Waals surface area contributed by atoms with Gasteiger partial charge in [0.05, 0.1) is 18.8 Å². The Morgan fingerprint density at radius 2 is 1.29 bits per heavy atom. The number of aromatic carboxylic acids is 3. The highest BCUT2D eigenvalue weighted by Gasteiger charge is 2.33. The predicted molar refractivity (Wildman–Crippen MR) is 167 cm³/mol. The number of ether oxygens (including phenoxy) is 3. The van der Waals surface area contributed by atoms with Crippen LogP contribution in [0.5, 0.6) is 17.2 Å². The third-order valence-corrected chi connectivity index (χ3v) is 8.84. The smallest absolute Gasteiger partial charge is 0.339 e. The van der Waals surface area contributed by atoms with Crippen molar-refractivity contribution in [3.8, 4) is 17.2 Å². The third kappa shape index (κ3) is 7.59. The molecular weight excluding hydrogens is 576 g/mol. The van der Waals surface area contributed by atoms with Gasteiger partial charge >= 0.3 is 17.9 Å². The van der Waals surface area contributed by atoms with Crippen molar-refractivity contribution in [3.63, 3.8) is 0 Å². The van der Waals surface area contributed by atoms with Crippen LogP contribution in [-0.2, 0) is 12.8 Å². The topological polar surface area (TPSA) is 140 Å². The minimum absolute atomic E-state index is 0.0791. The molecule has 2 unspecified atom stereocenters. The van der Waals surface area contributed by atoms with E-state index in [0.717, 1.165) is 61.6 Å². The summed E-state index contributed by atoms with van der Waals surface area (Å²) in [6, 6.07) is 14.1. The van der Waals surface area contributed by atoms with Gasteiger partial charge in [-0.2, -0.15) is 0 Å². The van der Waals surface area contributed by atoms with Gasteiger partial charge in [0.15, 0.2) is 0 Å². The monoisotopic (exact) mass is 616 g/mol. The standard InChI is InChI=1S/C36H40O9/c1-4-43-32-19-24(12-21(3)33(32)36(41)42)14-25-16-27(17-25)45-31-18-23(7-10-29(31)35(39)40)13-22-6-8-26(15-22)44-30-11-20(2)5-9-28(30)34(37)38/h5,7,9-12,18-19,22,25-27H,4,6,8,13-17H2,1-3H3,(H,37,38)(H,39,40)(H,41,42). The molecule has 0 bridgehead atoms. The number of hydrogen-bond acceptors (Lipinski definition) is 6. The lowest BCUT2D eigenvalue weighted by atomic mass is 9.78. The van der Waals surface area contributed by atoms with Gasteiger partial charge in [-0.25, -0.2) is 14.4 Å². The van der Waals surface area contributed by atoms with Crippen molar-refractivity contribution in [3.05, 3.63) is 87.5 Å². The number of carboxylic acid groups (broad SMARTS) is 3. The molecule has 0 amide bonds. The van der Waals surface area contributed by atoms with Crippen molar-refractivity contribution < 1.29 is 43.9 Å². The van der Waals surface area contributed by atoms with E-state index >= 15 is 0 Å². The maximum Gasteiger partial charge on any atom is 0.339 e. The molecule has 2 atom stereocenters. The van der Waals surface area contributed by atoms with Crippen molar-refractivity contribution in [1.29, 1.82) is 0 Å². The van der Waals surface area contributed by atoms with Gasteiger partial charge in [0, 0.05) is 0 Å². The second-order valence-corrected chi connectivity index (χ2v) is 12.4. The highest BCUT2D eigenvalue weighted by Crippen LogP contribution is 2.38. The Morgan fingerprint density at radius 3 is 1.96 bits per heavy atom. The van der Waals surface area contributed by atoms with Crippen molar-refractivity contribution in [2.75, 3.05) is 6.61 Å². The number of carbonyl (C=O) groups is 3. The second-order valence-electron chi connectivity index (χ2n) is 12.4. The summed E-state index contributed by atoms with van der Waals surface area (Å²) in [7, 11) is 0. The van der Waals surface area contributed by atoms with Gasteiger partial charge in [-0.1, -0.05) is 18.2 Å².